The van der Waals surface area contributed by atoms with Crippen LogP contribution in [0.1, 0.15) is 12.8 Å². The highest BCUT2D eigenvalue weighted by Crippen LogP contribution is 2.33. The first-order valence-electron chi connectivity index (χ1n) is 9.31. The highest BCUT2D eigenvalue weighted by molar-refractivity contribution is 5.65. The Morgan fingerprint density at radius 1 is 1.17 bits per heavy atom. The van der Waals surface area contributed by atoms with Crippen molar-refractivity contribution in [1.82, 2.24) is 30.0 Å². The number of nitrogens with one attached hydrogen (secondary N) is 1. The van der Waals surface area contributed by atoms with Gasteiger partial charge in [0, 0.05) is 37.0 Å². The zero-order chi connectivity index (χ0) is 20.0. The third kappa shape index (κ3) is 3.29. The van der Waals surface area contributed by atoms with Crippen LogP contribution in [-0.4, -0.2) is 60.4 Å². The quantitative estimate of drug-likeness (QED) is 0.691. The molecule has 2 unspecified atom stereocenters. The molecule has 4 heterocycles. The third-order valence-corrected chi connectivity index (χ3v) is 5.41. The Labute approximate surface area is 164 Å². The van der Waals surface area contributed by atoms with E-state index >= 15 is 0 Å². The van der Waals surface area contributed by atoms with Crippen molar-refractivity contribution in [2.24, 2.45) is 0 Å². The number of halogens is 2. The lowest BCUT2D eigenvalue weighted by molar-refractivity contribution is 0.0397. The van der Waals surface area contributed by atoms with Gasteiger partial charge in [-0.15, -0.1) is 10.2 Å². The summed E-state index contributed by atoms with van der Waals surface area (Å²) in [6.07, 6.45) is 3.54. The highest BCUT2D eigenvalue weighted by atomic mass is 19.1. The molecule has 0 amide bonds. The number of alkyl halides is 2. The molecular weight excluding hydrogens is 382 g/mol. The summed E-state index contributed by atoms with van der Waals surface area (Å²) in [5.74, 6) is 0.255. The van der Waals surface area contributed by atoms with Gasteiger partial charge in [0.15, 0.2) is 12.0 Å². The second-order valence-corrected chi connectivity index (χ2v) is 7.26. The number of aromatic hydroxyl groups is 1. The van der Waals surface area contributed by atoms with Crippen LogP contribution in [0.4, 0.5) is 8.78 Å². The van der Waals surface area contributed by atoms with Crippen LogP contribution >= 0.6 is 0 Å². The van der Waals surface area contributed by atoms with Gasteiger partial charge in [0.05, 0.1) is 23.8 Å². The molecule has 2 N–H and O–H groups in total. The van der Waals surface area contributed by atoms with Gasteiger partial charge in [-0.3, -0.25) is 0 Å². The van der Waals surface area contributed by atoms with E-state index in [4.69, 9.17) is 4.74 Å². The number of piperidine rings is 1. The summed E-state index contributed by atoms with van der Waals surface area (Å²) < 4.78 is 35.6. The van der Waals surface area contributed by atoms with E-state index in [1.54, 1.807) is 41.5 Å². The molecule has 8 nitrogen and oxygen atoms in total. The van der Waals surface area contributed by atoms with Gasteiger partial charge in [0.25, 0.3) is 5.88 Å². The summed E-state index contributed by atoms with van der Waals surface area (Å²) in [4.78, 5) is 8.14. The molecule has 0 spiro atoms. The molecule has 2 fully saturated rings. The SMILES string of the molecule is Oc1cc(-n2ccnc2)ccc1-c1ncc(O[C@@H]2CC3NC(C[C@@H]3F)[C@H]2F)nn1. The van der Waals surface area contributed by atoms with E-state index in [1.807, 2.05) is 0 Å². The molecule has 2 saturated heterocycles. The molecule has 2 bridgehead atoms. The average molecular weight is 400 g/mol. The van der Waals surface area contributed by atoms with Gasteiger partial charge < -0.3 is 19.7 Å². The molecule has 2 aromatic heterocycles. The van der Waals surface area contributed by atoms with Gasteiger partial charge in [-0.25, -0.2) is 18.7 Å². The Morgan fingerprint density at radius 3 is 2.79 bits per heavy atom. The summed E-state index contributed by atoms with van der Waals surface area (Å²) >= 11 is 0. The number of hydrogen-bond donors (Lipinski definition) is 2. The fourth-order valence-corrected chi connectivity index (χ4v) is 3.92. The summed E-state index contributed by atoms with van der Waals surface area (Å²) in [5.41, 5.74) is 1.13. The maximum Gasteiger partial charge on any atom is 0.252 e. The number of imidazole rings is 1. The van der Waals surface area contributed by atoms with Crippen molar-refractivity contribution >= 4 is 0 Å². The fourth-order valence-electron chi connectivity index (χ4n) is 3.92. The number of hydrogen-bond acceptors (Lipinski definition) is 7. The van der Waals surface area contributed by atoms with Crippen LogP contribution in [-0.2, 0) is 0 Å². The minimum absolute atomic E-state index is 0.0144. The first-order valence-corrected chi connectivity index (χ1v) is 9.31. The van der Waals surface area contributed by atoms with E-state index in [0.717, 1.165) is 5.69 Å². The number of phenols is 1. The van der Waals surface area contributed by atoms with E-state index in [2.05, 4.69) is 25.5 Å². The predicted octanol–water partition coefficient (Wildman–Crippen LogP) is 1.99. The summed E-state index contributed by atoms with van der Waals surface area (Å²) in [6.45, 7) is 0. The maximum absolute atomic E-state index is 14.5. The first kappa shape index (κ1) is 17.9. The first-order chi connectivity index (χ1) is 14.1. The van der Waals surface area contributed by atoms with Gasteiger partial charge >= 0.3 is 0 Å². The standard InChI is InChI=1S/C19H18F2N6O2/c20-12-6-14-18(21)16(7-13(12)24-14)29-17-8-23-19(26-25-17)11-2-1-10(5-15(11)28)27-4-3-22-9-27/h1-5,8-9,12-14,16,18,24,28H,6-7H2/t12-,13?,14?,16+,18+/m0/s1. The van der Waals surface area contributed by atoms with Crippen LogP contribution in [0.5, 0.6) is 11.6 Å². The van der Waals surface area contributed by atoms with Crippen LogP contribution < -0.4 is 10.1 Å². The number of phenolic OH excluding ortho intramolecular Hbond substituents is 1. The van der Waals surface area contributed by atoms with E-state index in [-0.39, 0.29) is 30.3 Å². The van der Waals surface area contributed by atoms with Crippen molar-refractivity contribution in [1.29, 1.82) is 0 Å². The second-order valence-electron chi connectivity index (χ2n) is 7.26. The number of aromatic nitrogens is 5. The molecule has 150 valence electrons. The van der Waals surface area contributed by atoms with E-state index in [9.17, 15) is 13.9 Å². The van der Waals surface area contributed by atoms with Crippen LogP contribution in [0, 0.1) is 0 Å². The van der Waals surface area contributed by atoms with Crippen molar-refractivity contribution in [3.63, 3.8) is 0 Å². The summed E-state index contributed by atoms with van der Waals surface area (Å²) in [5, 5.41) is 21.2. The van der Waals surface area contributed by atoms with Gasteiger partial charge in [0.2, 0.25) is 0 Å². The summed E-state index contributed by atoms with van der Waals surface area (Å²) in [7, 11) is 0. The number of fused-ring (bicyclic) bond motifs is 2. The fraction of sp³-hybridized carbons (Fsp3) is 0.368. The minimum Gasteiger partial charge on any atom is -0.507 e. The number of ether oxygens (including phenoxy) is 1. The third-order valence-electron chi connectivity index (χ3n) is 5.41. The Balaban J connectivity index is 1.32. The largest absolute Gasteiger partial charge is 0.507 e. The topological polar surface area (TPSA) is 98.0 Å². The van der Waals surface area contributed by atoms with E-state index in [0.29, 0.717) is 5.56 Å². The average Bonchev–Trinajstić information content (AvgIpc) is 3.36. The number of benzene rings is 1. The smallest absolute Gasteiger partial charge is 0.252 e. The lowest BCUT2D eigenvalue weighted by atomic mass is 10.0. The Morgan fingerprint density at radius 2 is 2.07 bits per heavy atom. The molecule has 3 aromatic rings. The van der Waals surface area contributed by atoms with Crippen LogP contribution in [0.15, 0.2) is 43.1 Å². The monoisotopic (exact) mass is 400 g/mol. The molecule has 2 aliphatic heterocycles. The van der Waals surface area contributed by atoms with Crippen molar-refractivity contribution in [3.05, 3.63) is 43.1 Å². The molecule has 0 saturated carbocycles. The summed E-state index contributed by atoms with van der Waals surface area (Å²) in [6, 6.07) is 4.08. The van der Waals surface area contributed by atoms with Crippen LogP contribution in [0.3, 0.4) is 0 Å². The van der Waals surface area contributed by atoms with Gasteiger partial charge in [0.1, 0.15) is 18.0 Å². The Bertz CT molecular complexity index is 998. The van der Waals surface area contributed by atoms with Crippen molar-refractivity contribution in [2.45, 2.75) is 43.4 Å². The van der Waals surface area contributed by atoms with Gasteiger partial charge in [-0.2, -0.15) is 0 Å². The second kappa shape index (κ2) is 7.03. The van der Waals surface area contributed by atoms with E-state index < -0.39 is 30.5 Å². The highest BCUT2D eigenvalue weighted by Gasteiger charge is 2.48. The molecule has 5 atom stereocenters. The molecular formula is C19H18F2N6O2. The van der Waals surface area contributed by atoms with Crippen molar-refractivity contribution in [2.75, 3.05) is 0 Å². The predicted molar refractivity (Wildman–Crippen MR) is 98.2 cm³/mol. The maximum atomic E-state index is 14.5. The Hall–Kier alpha value is -3.14. The lowest BCUT2D eigenvalue weighted by Gasteiger charge is -2.32. The molecule has 0 radical (unpaired) electrons. The van der Waals surface area contributed by atoms with Gasteiger partial charge in [-0.1, -0.05) is 0 Å². The zero-order valence-corrected chi connectivity index (χ0v) is 15.2. The van der Waals surface area contributed by atoms with Crippen molar-refractivity contribution in [3.8, 4) is 28.7 Å². The number of rotatable bonds is 4. The minimum atomic E-state index is -1.33. The normalized spacial score (nSPS) is 28.4. The zero-order valence-electron chi connectivity index (χ0n) is 15.2. The van der Waals surface area contributed by atoms with Crippen molar-refractivity contribution < 1.29 is 18.6 Å². The lowest BCUT2D eigenvalue weighted by Crippen LogP contribution is -2.52. The molecule has 10 heteroatoms. The number of nitrogens with zero attached hydrogens (tertiary/aromatic N) is 5. The molecule has 5 rings (SSSR count). The van der Waals surface area contributed by atoms with E-state index in [1.165, 1.54) is 6.20 Å². The molecule has 0 aliphatic carbocycles. The molecule has 1 aromatic carbocycles. The molecule has 2 aliphatic rings. The van der Waals surface area contributed by atoms with Gasteiger partial charge in [-0.05, 0) is 18.6 Å². The Kier molecular flexibility index (Phi) is 4.35. The molecule has 29 heavy (non-hydrogen) atoms. The van der Waals surface area contributed by atoms with Crippen LogP contribution in [0.2, 0.25) is 0 Å². The van der Waals surface area contributed by atoms with Crippen LogP contribution in [0.25, 0.3) is 17.1 Å².